The van der Waals surface area contributed by atoms with Crippen LogP contribution in [0.25, 0.3) is 0 Å². The van der Waals surface area contributed by atoms with Gasteiger partial charge in [0.25, 0.3) is 0 Å². The Kier molecular flexibility index (Phi) is 9.08. The number of carbonyl (C=O) groups excluding carboxylic acids is 3. The lowest BCUT2D eigenvalue weighted by atomic mass is 9.84. The van der Waals surface area contributed by atoms with Crippen molar-refractivity contribution in [3.63, 3.8) is 0 Å². The molecule has 0 saturated carbocycles. The fourth-order valence-corrected chi connectivity index (χ4v) is 3.75. The average Bonchev–Trinajstić information content (AvgIpc) is 2.74. The number of benzene rings is 1. The first kappa shape index (κ1) is 26.0. The Morgan fingerprint density at radius 3 is 2.21 bits per heavy atom. The van der Waals surface area contributed by atoms with E-state index in [2.05, 4.69) is 4.98 Å². The summed E-state index contributed by atoms with van der Waals surface area (Å²) in [5.41, 5.74) is 0.769. The van der Waals surface area contributed by atoms with Crippen LogP contribution in [0.2, 0.25) is 0 Å². The van der Waals surface area contributed by atoms with E-state index in [1.54, 1.807) is 26.0 Å². The van der Waals surface area contributed by atoms with Gasteiger partial charge in [0.05, 0.1) is 13.0 Å². The van der Waals surface area contributed by atoms with Crippen LogP contribution in [0.4, 0.5) is 4.39 Å². The molecule has 0 spiro atoms. The van der Waals surface area contributed by atoms with Gasteiger partial charge in [0.1, 0.15) is 11.9 Å². The maximum absolute atomic E-state index is 13.3. The molecule has 0 aliphatic heterocycles. The van der Waals surface area contributed by atoms with Crippen molar-refractivity contribution in [3.8, 4) is 11.5 Å². The van der Waals surface area contributed by atoms with Crippen molar-refractivity contribution in [2.75, 3.05) is 7.11 Å². The lowest BCUT2D eigenvalue weighted by Crippen LogP contribution is -2.29. The number of halogens is 1. The van der Waals surface area contributed by atoms with E-state index in [4.69, 9.17) is 14.2 Å². The Labute approximate surface area is 193 Å². The van der Waals surface area contributed by atoms with Crippen molar-refractivity contribution in [1.29, 1.82) is 0 Å². The van der Waals surface area contributed by atoms with Gasteiger partial charge in [-0.3, -0.25) is 14.4 Å². The van der Waals surface area contributed by atoms with E-state index < -0.39 is 29.7 Å². The second-order valence-electron chi connectivity index (χ2n) is 8.28. The predicted octanol–water partition coefficient (Wildman–Crippen LogP) is 4.74. The summed E-state index contributed by atoms with van der Waals surface area (Å²) in [6.07, 6.45) is 0.676. The third-order valence-electron chi connectivity index (χ3n) is 5.27. The SMILES string of the molecule is COc1ccnc(C(=O)C[C@@H](C)C(=O)O[C@@H](C)[C@H](c2ccc(F)cc2)C(C)C)c1OC(C)=O. The van der Waals surface area contributed by atoms with Gasteiger partial charge in [-0.1, -0.05) is 32.9 Å². The fourth-order valence-electron chi connectivity index (χ4n) is 3.75. The largest absolute Gasteiger partial charge is 0.493 e. The van der Waals surface area contributed by atoms with Crippen molar-refractivity contribution in [3.05, 3.63) is 53.6 Å². The summed E-state index contributed by atoms with van der Waals surface area (Å²) in [5.74, 6) is -2.67. The molecule has 0 amide bonds. The van der Waals surface area contributed by atoms with Gasteiger partial charge in [-0.15, -0.1) is 0 Å². The van der Waals surface area contributed by atoms with Crippen molar-refractivity contribution < 1.29 is 33.0 Å². The number of carbonyl (C=O) groups is 3. The van der Waals surface area contributed by atoms with E-state index in [-0.39, 0.29) is 41.3 Å². The van der Waals surface area contributed by atoms with Crippen LogP contribution in [-0.4, -0.2) is 35.9 Å². The molecule has 2 rings (SSSR count). The van der Waals surface area contributed by atoms with Crippen molar-refractivity contribution >= 4 is 17.7 Å². The number of ether oxygens (including phenoxy) is 3. The molecular formula is C25H30FNO6. The standard InChI is InChI=1S/C25H30FNO6/c1-14(2)22(18-7-9-19(26)10-8-18)16(4)32-25(30)15(3)13-20(29)23-24(33-17(5)28)21(31-6)11-12-27-23/h7-12,14-16,22H,13H2,1-6H3/t15-,16+,22-/m1/s1. The number of rotatable bonds is 10. The molecule has 0 unspecified atom stereocenters. The minimum absolute atomic E-state index is 0.0809. The fraction of sp³-hybridized carbons (Fsp3) is 0.440. The Hall–Kier alpha value is -3.29. The number of nitrogens with zero attached hydrogens (tertiary/aromatic N) is 1. The van der Waals surface area contributed by atoms with E-state index in [1.807, 2.05) is 13.8 Å². The van der Waals surface area contributed by atoms with Gasteiger partial charge in [0.2, 0.25) is 5.75 Å². The molecule has 1 aromatic heterocycles. The van der Waals surface area contributed by atoms with Crippen molar-refractivity contribution in [2.24, 2.45) is 11.8 Å². The second kappa shape index (κ2) is 11.5. The molecule has 0 bridgehead atoms. The lowest BCUT2D eigenvalue weighted by molar-refractivity contribution is -0.154. The highest BCUT2D eigenvalue weighted by molar-refractivity contribution is 5.99. The highest BCUT2D eigenvalue weighted by Crippen LogP contribution is 2.32. The molecule has 7 nitrogen and oxygen atoms in total. The number of ketones is 1. The van der Waals surface area contributed by atoms with Crippen LogP contribution in [0.1, 0.15) is 63.0 Å². The Bertz CT molecular complexity index is 989. The van der Waals surface area contributed by atoms with Gasteiger partial charge in [0.15, 0.2) is 17.2 Å². The maximum atomic E-state index is 13.3. The summed E-state index contributed by atoms with van der Waals surface area (Å²) in [5, 5.41) is 0. The van der Waals surface area contributed by atoms with Crippen LogP contribution in [0.5, 0.6) is 11.5 Å². The van der Waals surface area contributed by atoms with E-state index >= 15 is 0 Å². The van der Waals surface area contributed by atoms with Gasteiger partial charge in [-0.2, -0.15) is 0 Å². The minimum atomic E-state index is -0.765. The summed E-state index contributed by atoms with van der Waals surface area (Å²) in [7, 11) is 1.38. The zero-order chi connectivity index (χ0) is 24.7. The van der Waals surface area contributed by atoms with Crippen LogP contribution >= 0.6 is 0 Å². The molecule has 0 saturated heterocycles. The third kappa shape index (κ3) is 6.84. The number of aromatic nitrogens is 1. The van der Waals surface area contributed by atoms with Crippen LogP contribution in [-0.2, 0) is 14.3 Å². The van der Waals surface area contributed by atoms with Crippen molar-refractivity contribution in [2.45, 2.75) is 53.1 Å². The Morgan fingerprint density at radius 1 is 1.03 bits per heavy atom. The molecule has 1 aromatic carbocycles. The molecule has 0 N–H and O–H groups in total. The van der Waals surface area contributed by atoms with Gasteiger partial charge >= 0.3 is 11.9 Å². The number of Topliss-reactive ketones (excluding diaryl/α,β-unsaturated/α-hetero) is 1. The van der Waals surface area contributed by atoms with Crippen LogP contribution < -0.4 is 9.47 Å². The third-order valence-corrected chi connectivity index (χ3v) is 5.27. The number of methoxy groups -OCH3 is 1. The number of esters is 2. The minimum Gasteiger partial charge on any atom is -0.493 e. The summed E-state index contributed by atoms with van der Waals surface area (Å²) < 4.78 is 29.3. The van der Waals surface area contributed by atoms with Crippen LogP contribution in [0.15, 0.2) is 36.5 Å². The predicted molar refractivity (Wildman–Crippen MR) is 120 cm³/mol. The Morgan fingerprint density at radius 2 is 1.67 bits per heavy atom. The molecule has 0 fully saturated rings. The molecule has 1 heterocycles. The average molecular weight is 460 g/mol. The van der Waals surface area contributed by atoms with Crippen molar-refractivity contribution in [1.82, 2.24) is 4.98 Å². The van der Waals surface area contributed by atoms with Crippen LogP contribution in [0, 0.1) is 17.7 Å². The molecule has 0 radical (unpaired) electrons. The van der Waals surface area contributed by atoms with E-state index in [1.165, 1.54) is 38.4 Å². The molecule has 178 valence electrons. The Balaban J connectivity index is 2.13. The van der Waals surface area contributed by atoms with E-state index in [0.717, 1.165) is 5.56 Å². The van der Waals surface area contributed by atoms with Crippen LogP contribution in [0.3, 0.4) is 0 Å². The van der Waals surface area contributed by atoms with E-state index in [0.29, 0.717) is 0 Å². The highest BCUT2D eigenvalue weighted by Gasteiger charge is 2.30. The van der Waals surface area contributed by atoms with Gasteiger partial charge in [-0.25, -0.2) is 9.37 Å². The zero-order valence-corrected chi connectivity index (χ0v) is 19.8. The highest BCUT2D eigenvalue weighted by atomic mass is 19.1. The summed E-state index contributed by atoms with van der Waals surface area (Å²) in [6.45, 7) is 8.56. The van der Waals surface area contributed by atoms with Gasteiger partial charge in [0, 0.05) is 31.5 Å². The number of hydrogen-bond acceptors (Lipinski definition) is 7. The summed E-state index contributed by atoms with van der Waals surface area (Å²) in [4.78, 5) is 41.1. The molecule has 0 aliphatic carbocycles. The first-order valence-corrected chi connectivity index (χ1v) is 10.8. The normalized spacial score (nSPS) is 13.7. The molecule has 2 aromatic rings. The zero-order valence-electron chi connectivity index (χ0n) is 19.8. The molecule has 0 aliphatic rings. The van der Waals surface area contributed by atoms with E-state index in [9.17, 15) is 18.8 Å². The number of hydrogen-bond donors (Lipinski definition) is 0. The van der Waals surface area contributed by atoms with Gasteiger partial charge in [-0.05, 0) is 30.5 Å². The quantitative estimate of drug-likeness (QED) is 0.374. The first-order valence-electron chi connectivity index (χ1n) is 10.8. The summed E-state index contributed by atoms with van der Waals surface area (Å²) in [6, 6.07) is 7.59. The molecule has 33 heavy (non-hydrogen) atoms. The monoisotopic (exact) mass is 459 g/mol. The molecule has 8 heteroatoms. The lowest BCUT2D eigenvalue weighted by Gasteiger charge is -2.28. The second-order valence-corrected chi connectivity index (χ2v) is 8.28. The maximum Gasteiger partial charge on any atom is 0.309 e. The topological polar surface area (TPSA) is 91.8 Å². The smallest absolute Gasteiger partial charge is 0.309 e. The number of pyridine rings is 1. The first-order chi connectivity index (χ1) is 15.5. The molecule has 3 atom stereocenters. The van der Waals surface area contributed by atoms with Gasteiger partial charge < -0.3 is 14.2 Å². The summed E-state index contributed by atoms with van der Waals surface area (Å²) >= 11 is 0. The molecular weight excluding hydrogens is 429 g/mol.